The van der Waals surface area contributed by atoms with E-state index in [4.69, 9.17) is 4.98 Å². The van der Waals surface area contributed by atoms with Crippen LogP contribution in [-0.2, 0) is 6.42 Å². The molecule has 0 saturated heterocycles. The summed E-state index contributed by atoms with van der Waals surface area (Å²) in [5, 5.41) is 4.45. The molecule has 0 fully saturated rings. The Kier molecular flexibility index (Phi) is 3.43. The molecule has 0 saturated carbocycles. The first-order valence-corrected chi connectivity index (χ1v) is 6.14. The van der Waals surface area contributed by atoms with Gasteiger partial charge in [0.15, 0.2) is 0 Å². The second-order valence-electron chi connectivity index (χ2n) is 4.74. The molecular formula is C15H20N2. The van der Waals surface area contributed by atoms with Gasteiger partial charge in [0.25, 0.3) is 0 Å². The number of hydrogen-bond donors (Lipinski definition) is 1. The molecule has 0 unspecified atom stereocenters. The summed E-state index contributed by atoms with van der Waals surface area (Å²) in [6.45, 7) is 7.37. The minimum Gasteiger partial charge on any atom is -0.319 e. The fraction of sp³-hybridized carbons (Fsp3) is 0.400. The molecule has 0 aliphatic rings. The predicted molar refractivity (Wildman–Crippen MR) is 73.6 cm³/mol. The Morgan fingerprint density at radius 2 is 1.88 bits per heavy atom. The zero-order valence-electron chi connectivity index (χ0n) is 11.1. The smallest absolute Gasteiger partial charge is 0.0734 e. The molecule has 2 rings (SSSR count). The largest absolute Gasteiger partial charge is 0.319 e. The van der Waals surface area contributed by atoms with Crippen LogP contribution in [0, 0.1) is 20.8 Å². The van der Waals surface area contributed by atoms with E-state index in [0.717, 1.165) is 24.2 Å². The van der Waals surface area contributed by atoms with Crippen LogP contribution in [0.15, 0.2) is 18.2 Å². The van der Waals surface area contributed by atoms with Crippen LogP contribution >= 0.6 is 0 Å². The van der Waals surface area contributed by atoms with E-state index in [1.54, 1.807) is 0 Å². The summed E-state index contributed by atoms with van der Waals surface area (Å²) < 4.78 is 0. The van der Waals surface area contributed by atoms with Crippen molar-refractivity contribution in [2.24, 2.45) is 0 Å². The fourth-order valence-corrected chi connectivity index (χ4v) is 2.30. The lowest BCUT2D eigenvalue weighted by Gasteiger charge is -2.10. The van der Waals surface area contributed by atoms with Crippen molar-refractivity contribution in [3.8, 4) is 0 Å². The normalized spacial score (nSPS) is 11.1. The molecule has 0 amide bonds. The summed E-state index contributed by atoms with van der Waals surface area (Å²) in [6.07, 6.45) is 1.04. The fourth-order valence-electron chi connectivity index (χ4n) is 2.30. The minimum absolute atomic E-state index is 0.999. The van der Waals surface area contributed by atoms with Crippen LogP contribution in [0.4, 0.5) is 0 Å². The van der Waals surface area contributed by atoms with Crippen molar-refractivity contribution in [3.05, 3.63) is 40.6 Å². The maximum Gasteiger partial charge on any atom is 0.0734 e. The molecule has 1 N–H and O–H groups in total. The SMILES string of the molecule is CNCCc1cc2cc(C)cc(C)c2nc1C. The van der Waals surface area contributed by atoms with Crippen LogP contribution in [0.25, 0.3) is 10.9 Å². The van der Waals surface area contributed by atoms with Crippen molar-refractivity contribution >= 4 is 10.9 Å². The van der Waals surface area contributed by atoms with Crippen LogP contribution in [0.3, 0.4) is 0 Å². The molecule has 0 aliphatic heterocycles. The number of nitrogens with one attached hydrogen (secondary N) is 1. The molecule has 0 spiro atoms. The summed E-state index contributed by atoms with van der Waals surface area (Å²) in [7, 11) is 1.98. The Balaban J connectivity index is 2.55. The van der Waals surface area contributed by atoms with Gasteiger partial charge in [-0.25, -0.2) is 0 Å². The van der Waals surface area contributed by atoms with E-state index in [-0.39, 0.29) is 0 Å². The average Bonchev–Trinajstić information content (AvgIpc) is 2.27. The van der Waals surface area contributed by atoms with E-state index in [1.165, 1.54) is 22.1 Å². The third-order valence-corrected chi connectivity index (χ3v) is 3.19. The van der Waals surface area contributed by atoms with Gasteiger partial charge in [0.2, 0.25) is 0 Å². The molecule has 0 atom stereocenters. The van der Waals surface area contributed by atoms with Crippen molar-refractivity contribution in [2.75, 3.05) is 13.6 Å². The summed E-state index contributed by atoms with van der Waals surface area (Å²) in [5.41, 5.74) is 6.21. The molecule has 1 heterocycles. The van der Waals surface area contributed by atoms with Crippen molar-refractivity contribution in [1.82, 2.24) is 10.3 Å². The van der Waals surface area contributed by atoms with Gasteiger partial charge in [-0.3, -0.25) is 4.98 Å². The topological polar surface area (TPSA) is 24.9 Å². The lowest BCUT2D eigenvalue weighted by Crippen LogP contribution is -2.11. The van der Waals surface area contributed by atoms with Gasteiger partial charge >= 0.3 is 0 Å². The van der Waals surface area contributed by atoms with Crippen molar-refractivity contribution in [1.29, 1.82) is 0 Å². The number of likely N-dealkylation sites (N-methyl/N-ethyl adjacent to an activating group) is 1. The van der Waals surface area contributed by atoms with Crippen molar-refractivity contribution < 1.29 is 0 Å². The van der Waals surface area contributed by atoms with Crippen LogP contribution in [0.1, 0.15) is 22.4 Å². The Labute approximate surface area is 103 Å². The van der Waals surface area contributed by atoms with Crippen molar-refractivity contribution in [3.63, 3.8) is 0 Å². The number of nitrogens with zero attached hydrogens (tertiary/aromatic N) is 1. The van der Waals surface area contributed by atoms with Gasteiger partial charge < -0.3 is 5.32 Å². The summed E-state index contributed by atoms with van der Waals surface area (Å²) in [6, 6.07) is 6.70. The first kappa shape index (κ1) is 12.1. The van der Waals surface area contributed by atoms with E-state index in [9.17, 15) is 0 Å². The van der Waals surface area contributed by atoms with E-state index in [1.807, 2.05) is 7.05 Å². The quantitative estimate of drug-likeness (QED) is 0.873. The Hall–Kier alpha value is -1.41. The lowest BCUT2D eigenvalue weighted by atomic mass is 10.0. The molecule has 2 heteroatoms. The highest BCUT2D eigenvalue weighted by Crippen LogP contribution is 2.21. The van der Waals surface area contributed by atoms with E-state index in [0.29, 0.717) is 0 Å². The van der Waals surface area contributed by atoms with Crippen LogP contribution < -0.4 is 5.32 Å². The Morgan fingerprint density at radius 1 is 1.12 bits per heavy atom. The average molecular weight is 228 g/mol. The number of pyridine rings is 1. The maximum atomic E-state index is 4.74. The highest BCUT2D eigenvalue weighted by Gasteiger charge is 2.05. The van der Waals surface area contributed by atoms with E-state index >= 15 is 0 Å². The van der Waals surface area contributed by atoms with Gasteiger partial charge in [-0.05, 0) is 64.0 Å². The molecule has 2 nitrogen and oxygen atoms in total. The number of hydrogen-bond acceptors (Lipinski definition) is 2. The van der Waals surface area contributed by atoms with Crippen LogP contribution in [0.5, 0.6) is 0 Å². The first-order chi connectivity index (χ1) is 8.11. The Bertz CT molecular complexity index is 544. The molecule has 90 valence electrons. The summed E-state index contributed by atoms with van der Waals surface area (Å²) >= 11 is 0. The molecule has 0 radical (unpaired) electrons. The molecule has 0 bridgehead atoms. The molecule has 1 aromatic carbocycles. The van der Waals surface area contributed by atoms with Gasteiger partial charge in [0, 0.05) is 11.1 Å². The number of aryl methyl sites for hydroxylation is 3. The highest BCUT2D eigenvalue weighted by molar-refractivity contribution is 5.83. The highest BCUT2D eigenvalue weighted by atomic mass is 14.8. The standard InChI is InChI=1S/C15H20N2/c1-10-7-11(2)15-14(8-10)9-13(5-6-16-4)12(3)17-15/h7-9,16H,5-6H2,1-4H3. The number of benzene rings is 1. The number of rotatable bonds is 3. The lowest BCUT2D eigenvalue weighted by molar-refractivity contribution is 0.786. The monoisotopic (exact) mass is 228 g/mol. The molecule has 0 aliphatic carbocycles. The molecule has 2 aromatic rings. The van der Waals surface area contributed by atoms with E-state index < -0.39 is 0 Å². The van der Waals surface area contributed by atoms with Gasteiger partial charge in [-0.2, -0.15) is 0 Å². The van der Waals surface area contributed by atoms with Gasteiger partial charge in [0.1, 0.15) is 0 Å². The molecular weight excluding hydrogens is 208 g/mol. The second kappa shape index (κ2) is 4.84. The number of fused-ring (bicyclic) bond motifs is 1. The summed E-state index contributed by atoms with van der Waals surface area (Å²) in [4.78, 5) is 4.74. The third-order valence-electron chi connectivity index (χ3n) is 3.19. The zero-order valence-corrected chi connectivity index (χ0v) is 11.1. The molecule has 17 heavy (non-hydrogen) atoms. The number of aromatic nitrogens is 1. The van der Waals surface area contributed by atoms with Crippen molar-refractivity contribution in [2.45, 2.75) is 27.2 Å². The first-order valence-electron chi connectivity index (χ1n) is 6.14. The zero-order chi connectivity index (χ0) is 12.4. The van der Waals surface area contributed by atoms with E-state index in [2.05, 4.69) is 44.3 Å². The second-order valence-corrected chi connectivity index (χ2v) is 4.74. The van der Waals surface area contributed by atoms with Gasteiger partial charge in [-0.1, -0.05) is 11.6 Å². The van der Waals surface area contributed by atoms with Crippen LogP contribution in [0.2, 0.25) is 0 Å². The third kappa shape index (κ3) is 2.47. The van der Waals surface area contributed by atoms with Gasteiger partial charge in [0.05, 0.1) is 5.52 Å². The molecule has 1 aromatic heterocycles. The predicted octanol–water partition coefficient (Wildman–Crippen LogP) is 2.92. The minimum atomic E-state index is 0.999. The van der Waals surface area contributed by atoms with Gasteiger partial charge in [-0.15, -0.1) is 0 Å². The summed E-state index contributed by atoms with van der Waals surface area (Å²) in [5.74, 6) is 0. The Morgan fingerprint density at radius 3 is 2.59 bits per heavy atom. The van der Waals surface area contributed by atoms with Crippen LogP contribution in [-0.4, -0.2) is 18.6 Å². The maximum absolute atomic E-state index is 4.74.